The van der Waals surface area contributed by atoms with Crippen LogP contribution in [0.1, 0.15) is 30.0 Å². The Hall–Kier alpha value is -2.90. The molecule has 3 N–H and O–H groups in total. The highest BCUT2D eigenvalue weighted by atomic mass is 32.2. The summed E-state index contributed by atoms with van der Waals surface area (Å²) in [5, 5.41) is 31.6. The van der Waals surface area contributed by atoms with Gasteiger partial charge in [0.15, 0.2) is 0 Å². The molecule has 0 spiro atoms. The number of rotatable bonds is 8. The number of thioether (sulfide) groups is 1. The van der Waals surface area contributed by atoms with Crippen molar-refractivity contribution in [2.75, 3.05) is 18.6 Å². The summed E-state index contributed by atoms with van der Waals surface area (Å²) >= 11 is 1.55. The monoisotopic (exact) mass is 431 g/mol. The van der Waals surface area contributed by atoms with Gasteiger partial charge in [0.25, 0.3) is 0 Å². The molecule has 2 fully saturated rings. The van der Waals surface area contributed by atoms with Crippen molar-refractivity contribution in [1.29, 1.82) is 5.26 Å². The number of imide groups is 1. The normalized spacial score (nSPS) is 27.7. The molecule has 0 aliphatic carbocycles. The van der Waals surface area contributed by atoms with Crippen molar-refractivity contribution in [2.24, 2.45) is 11.8 Å². The molecule has 3 rings (SSSR count). The average Bonchev–Trinajstić information content (AvgIpc) is 3.17. The molecule has 2 heterocycles. The van der Waals surface area contributed by atoms with E-state index < -0.39 is 53.6 Å². The van der Waals surface area contributed by atoms with Crippen LogP contribution < -0.4 is 5.32 Å². The molecule has 1 aromatic rings. The second kappa shape index (κ2) is 8.45. The van der Waals surface area contributed by atoms with Crippen LogP contribution >= 0.6 is 11.8 Å². The van der Waals surface area contributed by atoms with E-state index in [-0.39, 0.29) is 12.1 Å². The van der Waals surface area contributed by atoms with Crippen molar-refractivity contribution < 1.29 is 29.4 Å². The third-order valence-corrected chi connectivity index (χ3v) is 6.40. The van der Waals surface area contributed by atoms with Gasteiger partial charge in [-0.1, -0.05) is 18.2 Å². The molecule has 2 aliphatic rings. The van der Waals surface area contributed by atoms with Gasteiger partial charge < -0.3 is 10.2 Å². The Morgan fingerprint density at radius 2 is 1.97 bits per heavy atom. The van der Waals surface area contributed by atoms with Gasteiger partial charge in [0.2, 0.25) is 11.8 Å². The van der Waals surface area contributed by atoms with E-state index in [0.717, 1.165) is 4.90 Å². The second-order valence-corrected chi connectivity index (χ2v) is 8.33. The minimum atomic E-state index is -2.15. The van der Waals surface area contributed by atoms with Gasteiger partial charge in [-0.25, -0.2) is 0 Å². The maximum Gasteiger partial charge on any atom is 0.325 e. The van der Waals surface area contributed by atoms with Gasteiger partial charge in [-0.2, -0.15) is 17.0 Å². The first-order valence-corrected chi connectivity index (χ1v) is 10.7. The predicted molar refractivity (Wildman–Crippen MR) is 106 cm³/mol. The topological polar surface area (TPSA) is 148 Å². The van der Waals surface area contributed by atoms with Gasteiger partial charge in [-0.15, -0.1) is 0 Å². The Morgan fingerprint density at radius 3 is 2.57 bits per heavy atom. The molecule has 4 unspecified atom stereocenters. The van der Waals surface area contributed by atoms with E-state index >= 15 is 0 Å². The number of carboxylic acids is 2. The van der Waals surface area contributed by atoms with E-state index in [2.05, 4.69) is 5.32 Å². The number of likely N-dealkylation sites (tertiary alicyclic amines) is 1. The summed E-state index contributed by atoms with van der Waals surface area (Å²) in [7, 11) is 0. The number of fused-ring (bicyclic) bond motifs is 1. The highest BCUT2D eigenvalue weighted by molar-refractivity contribution is 7.98. The third-order valence-electron chi connectivity index (χ3n) is 5.70. The van der Waals surface area contributed by atoms with E-state index in [9.17, 15) is 34.7 Å². The smallest absolute Gasteiger partial charge is 0.325 e. The zero-order valence-electron chi connectivity index (χ0n) is 16.2. The Kier molecular flexibility index (Phi) is 6.14. The Bertz CT molecular complexity index is 945. The fourth-order valence-corrected chi connectivity index (χ4v) is 4.88. The minimum absolute atomic E-state index is 0.140. The molecule has 0 bridgehead atoms. The molecule has 1 aromatic carbocycles. The van der Waals surface area contributed by atoms with Gasteiger partial charge >= 0.3 is 11.9 Å². The van der Waals surface area contributed by atoms with Crippen LogP contribution in [0.5, 0.6) is 0 Å². The van der Waals surface area contributed by atoms with E-state index in [1.807, 2.05) is 12.3 Å². The first-order chi connectivity index (χ1) is 14.3. The largest absolute Gasteiger partial charge is 0.481 e. The lowest BCUT2D eigenvalue weighted by Crippen LogP contribution is -2.57. The van der Waals surface area contributed by atoms with E-state index in [0.29, 0.717) is 17.7 Å². The maximum absolute atomic E-state index is 13.2. The van der Waals surface area contributed by atoms with Crippen LogP contribution in [-0.2, 0) is 19.2 Å². The summed E-state index contributed by atoms with van der Waals surface area (Å²) in [5.74, 6) is -5.89. The number of carbonyl (C=O) groups excluding carboxylic acids is 2. The highest BCUT2D eigenvalue weighted by Crippen LogP contribution is 2.50. The van der Waals surface area contributed by atoms with Crippen molar-refractivity contribution in [2.45, 2.75) is 24.4 Å². The number of carbonyl (C=O) groups is 4. The quantitative estimate of drug-likeness (QED) is 0.402. The molecule has 30 heavy (non-hydrogen) atoms. The molecule has 0 aromatic heterocycles. The van der Waals surface area contributed by atoms with Gasteiger partial charge in [0, 0.05) is 12.6 Å². The number of hydrogen-bond donors (Lipinski definition) is 3. The second-order valence-electron chi connectivity index (χ2n) is 7.35. The maximum atomic E-state index is 13.2. The summed E-state index contributed by atoms with van der Waals surface area (Å²) < 4.78 is 0. The Labute approximate surface area is 177 Å². The zero-order chi connectivity index (χ0) is 22.1. The van der Waals surface area contributed by atoms with Gasteiger partial charge in [0.05, 0.1) is 29.9 Å². The molecule has 9 nitrogen and oxygen atoms in total. The summed E-state index contributed by atoms with van der Waals surface area (Å²) in [6.45, 7) is 0.140. The first kappa shape index (κ1) is 21.8. The van der Waals surface area contributed by atoms with Crippen LogP contribution in [0.3, 0.4) is 0 Å². The van der Waals surface area contributed by atoms with Crippen molar-refractivity contribution in [3.8, 4) is 6.07 Å². The van der Waals surface area contributed by atoms with Crippen LogP contribution in [-0.4, -0.2) is 63.0 Å². The van der Waals surface area contributed by atoms with E-state index in [1.165, 1.54) is 6.07 Å². The Balaban J connectivity index is 2.12. The number of hydrogen-bond acceptors (Lipinski definition) is 7. The molecule has 2 aliphatic heterocycles. The standard InChI is InChI=1S/C20H21N3O6S/c1-30-8-4-7-23-17(26)14-15(18(23)27)20(19(28)29,9-13(24)25)22-16(14)12-6-3-2-5-11(12)10-21/h2-3,5-6,14-16,22H,4,7-9H2,1H3,(H,24,25)(H,28,29). The predicted octanol–water partition coefficient (Wildman–Crippen LogP) is 0.855. The third kappa shape index (κ3) is 3.44. The number of nitrogens with zero attached hydrogens (tertiary/aromatic N) is 2. The van der Waals surface area contributed by atoms with Crippen molar-refractivity contribution in [3.63, 3.8) is 0 Å². The SMILES string of the molecule is CSCCCN1C(=O)C2C(c3ccccc3C#N)NC(CC(=O)O)(C(=O)O)C2C1=O. The molecule has 4 atom stereocenters. The molecule has 2 saturated heterocycles. The number of amides is 2. The first-order valence-electron chi connectivity index (χ1n) is 9.34. The molecule has 2 amide bonds. The van der Waals surface area contributed by atoms with Gasteiger partial charge in [0.1, 0.15) is 5.54 Å². The number of nitrogens with one attached hydrogen (secondary N) is 1. The summed E-state index contributed by atoms with van der Waals surface area (Å²) in [5.41, 5.74) is -1.55. The number of carboxylic acid groups (broad SMARTS) is 2. The number of aliphatic carboxylic acids is 2. The lowest BCUT2D eigenvalue weighted by atomic mass is 9.77. The van der Waals surface area contributed by atoms with Crippen molar-refractivity contribution in [3.05, 3.63) is 35.4 Å². The zero-order valence-corrected chi connectivity index (χ0v) is 17.0. The highest BCUT2D eigenvalue weighted by Gasteiger charge is 2.69. The molecule has 10 heteroatoms. The fraction of sp³-hybridized carbons (Fsp3) is 0.450. The lowest BCUT2D eigenvalue weighted by molar-refractivity contribution is -0.156. The lowest BCUT2D eigenvalue weighted by Gasteiger charge is -2.29. The van der Waals surface area contributed by atoms with Crippen LogP contribution in [0, 0.1) is 23.2 Å². The average molecular weight is 431 g/mol. The van der Waals surface area contributed by atoms with Crippen LogP contribution in [0.25, 0.3) is 0 Å². The molecular formula is C20H21N3O6S. The Morgan fingerprint density at radius 1 is 1.27 bits per heavy atom. The number of nitriles is 1. The van der Waals surface area contributed by atoms with Crippen LogP contribution in [0.2, 0.25) is 0 Å². The van der Waals surface area contributed by atoms with Crippen molar-refractivity contribution in [1.82, 2.24) is 10.2 Å². The summed E-state index contributed by atoms with van der Waals surface area (Å²) in [4.78, 5) is 51.2. The van der Waals surface area contributed by atoms with Gasteiger partial charge in [-0.3, -0.25) is 29.4 Å². The number of benzene rings is 1. The molecule has 158 valence electrons. The van der Waals surface area contributed by atoms with Crippen LogP contribution in [0.15, 0.2) is 24.3 Å². The van der Waals surface area contributed by atoms with E-state index in [4.69, 9.17) is 0 Å². The fourth-order valence-electron chi connectivity index (χ4n) is 4.46. The van der Waals surface area contributed by atoms with Crippen LogP contribution in [0.4, 0.5) is 0 Å². The molecule has 0 radical (unpaired) electrons. The molecular weight excluding hydrogens is 410 g/mol. The summed E-state index contributed by atoms with van der Waals surface area (Å²) in [6, 6.07) is 7.43. The van der Waals surface area contributed by atoms with E-state index in [1.54, 1.807) is 30.0 Å². The minimum Gasteiger partial charge on any atom is -0.481 e. The molecule has 0 saturated carbocycles. The van der Waals surface area contributed by atoms with Crippen molar-refractivity contribution >= 4 is 35.5 Å². The summed E-state index contributed by atoms with van der Waals surface area (Å²) in [6.07, 6.45) is 1.57. The van der Waals surface area contributed by atoms with Gasteiger partial charge in [-0.05, 0) is 30.1 Å².